The van der Waals surface area contributed by atoms with Gasteiger partial charge in [0.2, 0.25) is 5.95 Å². The number of hydrogen-bond acceptors (Lipinski definition) is 5. The zero-order chi connectivity index (χ0) is 18.2. The van der Waals surface area contributed by atoms with E-state index < -0.39 is 0 Å². The second kappa shape index (κ2) is 6.37. The molecule has 0 radical (unpaired) electrons. The molecule has 2 aromatic carbocycles. The second-order valence-corrected chi connectivity index (χ2v) is 7.05. The van der Waals surface area contributed by atoms with Crippen molar-refractivity contribution < 1.29 is 4.79 Å². The molecule has 0 atom stereocenters. The van der Waals surface area contributed by atoms with Crippen LogP contribution in [0.2, 0.25) is 0 Å². The highest BCUT2D eigenvalue weighted by Gasteiger charge is 2.22. The molecule has 4 aromatic rings. The molecule has 2 N–H and O–H groups in total. The van der Waals surface area contributed by atoms with Crippen LogP contribution in [0.1, 0.15) is 5.56 Å². The van der Waals surface area contributed by atoms with Crippen LogP contribution in [-0.4, -0.2) is 26.0 Å². The fraction of sp³-hybridized carbons (Fsp3) is 0. The van der Waals surface area contributed by atoms with Crippen LogP contribution in [-0.2, 0) is 4.79 Å². The number of aliphatic imine (C=N–C) groups is 1. The summed E-state index contributed by atoms with van der Waals surface area (Å²) >= 11 is 1.30. The number of aromatic amines is 1. The Morgan fingerprint density at radius 3 is 2.89 bits per heavy atom. The van der Waals surface area contributed by atoms with Gasteiger partial charge in [-0.05, 0) is 53.7 Å². The summed E-state index contributed by atoms with van der Waals surface area (Å²) < 4.78 is 0. The third kappa shape index (κ3) is 3.09. The Bertz CT molecular complexity index is 1220. The van der Waals surface area contributed by atoms with Crippen molar-refractivity contribution in [1.29, 1.82) is 0 Å². The highest BCUT2D eigenvalue weighted by Crippen LogP contribution is 2.29. The molecule has 6 nitrogen and oxygen atoms in total. The fourth-order valence-corrected chi connectivity index (χ4v) is 3.72. The number of aromatic nitrogens is 3. The summed E-state index contributed by atoms with van der Waals surface area (Å²) in [5.74, 6) is 0.304. The van der Waals surface area contributed by atoms with Crippen LogP contribution in [0.25, 0.3) is 28.0 Å². The van der Waals surface area contributed by atoms with Crippen LogP contribution in [0.4, 0.5) is 5.95 Å². The minimum atomic E-state index is -0.259. The van der Waals surface area contributed by atoms with Gasteiger partial charge in [0.15, 0.2) is 5.17 Å². The SMILES string of the molecule is O=C1N=C(Nc2nc3ccccc3[nH]2)SC1=Cc1ccc2ncccc2c1. The number of thioether (sulfide) groups is 1. The van der Waals surface area contributed by atoms with Gasteiger partial charge in [-0.25, -0.2) is 4.98 Å². The normalized spacial score (nSPS) is 15.6. The van der Waals surface area contributed by atoms with E-state index in [-0.39, 0.29) is 5.91 Å². The van der Waals surface area contributed by atoms with E-state index in [0.717, 1.165) is 27.5 Å². The van der Waals surface area contributed by atoms with Gasteiger partial charge in [0.25, 0.3) is 5.91 Å². The smallest absolute Gasteiger partial charge is 0.286 e. The minimum Gasteiger partial charge on any atom is -0.324 e. The van der Waals surface area contributed by atoms with Gasteiger partial charge in [-0.1, -0.05) is 24.3 Å². The van der Waals surface area contributed by atoms with Crippen LogP contribution in [0, 0.1) is 0 Å². The van der Waals surface area contributed by atoms with Crippen molar-refractivity contribution in [3.8, 4) is 0 Å². The third-order valence-corrected chi connectivity index (χ3v) is 5.06. The molecule has 130 valence electrons. The molecule has 1 amide bonds. The van der Waals surface area contributed by atoms with E-state index in [1.807, 2.05) is 60.7 Å². The number of imidazole rings is 1. The number of anilines is 1. The predicted molar refractivity (Wildman–Crippen MR) is 109 cm³/mol. The number of pyridine rings is 1. The molecule has 1 aliphatic rings. The quantitative estimate of drug-likeness (QED) is 0.516. The lowest BCUT2D eigenvalue weighted by atomic mass is 10.1. The van der Waals surface area contributed by atoms with E-state index in [0.29, 0.717) is 16.0 Å². The van der Waals surface area contributed by atoms with E-state index in [1.54, 1.807) is 6.20 Å². The summed E-state index contributed by atoms with van der Waals surface area (Å²) in [5, 5.41) is 4.62. The maximum atomic E-state index is 12.3. The standard InChI is InChI=1S/C20H13N5OS/c26-18-17(11-12-7-8-14-13(10-12)4-3-9-21-14)27-20(24-18)25-19-22-15-5-1-2-6-16(15)23-19/h1-11H,(H2,22,23,24,25,26). The number of para-hydroxylation sites is 2. The van der Waals surface area contributed by atoms with E-state index >= 15 is 0 Å². The zero-order valence-corrected chi connectivity index (χ0v) is 14.8. The molecule has 7 heteroatoms. The molecular formula is C20H13N5OS. The van der Waals surface area contributed by atoms with E-state index in [2.05, 4.69) is 25.3 Å². The number of rotatable bonds is 2. The molecule has 27 heavy (non-hydrogen) atoms. The van der Waals surface area contributed by atoms with E-state index in [1.165, 1.54) is 11.8 Å². The number of amidine groups is 1. The van der Waals surface area contributed by atoms with Crippen molar-refractivity contribution in [2.75, 3.05) is 5.32 Å². The van der Waals surface area contributed by atoms with Crippen LogP contribution in [0.5, 0.6) is 0 Å². The number of H-pyrrole nitrogens is 1. The lowest BCUT2D eigenvalue weighted by Crippen LogP contribution is -2.06. The van der Waals surface area contributed by atoms with Crippen molar-refractivity contribution in [3.05, 3.63) is 71.3 Å². The average molecular weight is 371 g/mol. The lowest BCUT2D eigenvalue weighted by molar-refractivity contribution is -0.113. The molecule has 0 aliphatic carbocycles. The number of carbonyl (C=O) groups excluding carboxylic acids is 1. The van der Waals surface area contributed by atoms with Gasteiger partial charge in [-0.2, -0.15) is 4.99 Å². The molecule has 0 spiro atoms. The first-order chi connectivity index (χ1) is 13.2. The summed E-state index contributed by atoms with van der Waals surface area (Å²) in [4.78, 5) is 28.8. The summed E-state index contributed by atoms with van der Waals surface area (Å²) in [6, 6.07) is 17.5. The summed E-state index contributed by atoms with van der Waals surface area (Å²) in [6.07, 6.45) is 3.61. The molecular weight excluding hydrogens is 358 g/mol. The van der Waals surface area contributed by atoms with Crippen LogP contribution < -0.4 is 5.32 Å². The summed E-state index contributed by atoms with van der Waals surface area (Å²) in [6.45, 7) is 0. The Kier molecular flexibility index (Phi) is 3.72. The van der Waals surface area contributed by atoms with E-state index in [9.17, 15) is 4.79 Å². The average Bonchev–Trinajstić information content (AvgIpc) is 3.24. The molecule has 0 saturated heterocycles. The molecule has 0 bridgehead atoms. The van der Waals surface area contributed by atoms with Gasteiger partial charge in [-0.3, -0.25) is 9.78 Å². The van der Waals surface area contributed by atoms with E-state index in [4.69, 9.17) is 0 Å². The Balaban J connectivity index is 1.38. The van der Waals surface area contributed by atoms with Gasteiger partial charge in [0, 0.05) is 11.6 Å². The van der Waals surface area contributed by atoms with Gasteiger partial charge in [-0.15, -0.1) is 0 Å². The number of nitrogens with one attached hydrogen (secondary N) is 2. The monoisotopic (exact) mass is 371 g/mol. The third-order valence-electron chi connectivity index (χ3n) is 4.16. The highest BCUT2D eigenvalue weighted by molar-refractivity contribution is 8.18. The number of fused-ring (bicyclic) bond motifs is 2. The number of amides is 1. The topological polar surface area (TPSA) is 83.0 Å². The Morgan fingerprint density at radius 2 is 1.96 bits per heavy atom. The molecule has 1 aliphatic heterocycles. The first kappa shape index (κ1) is 15.8. The zero-order valence-electron chi connectivity index (χ0n) is 14.0. The van der Waals surface area contributed by atoms with Crippen molar-refractivity contribution >= 4 is 56.8 Å². The molecule has 0 unspecified atom stereocenters. The van der Waals surface area contributed by atoms with Crippen molar-refractivity contribution in [3.63, 3.8) is 0 Å². The lowest BCUT2D eigenvalue weighted by Gasteiger charge is -2.01. The van der Waals surface area contributed by atoms with Crippen molar-refractivity contribution in [1.82, 2.24) is 15.0 Å². The number of hydrogen-bond donors (Lipinski definition) is 2. The fourth-order valence-electron chi connectivity index (χ4n) is 2.91. The van der Waals surface area contributed by atoms with Crippen molar-refractivity contribution in [2.45, 2.75) is 0 Å². The minimum absolute atomic E-state index is 0.259. The number of carbonyl (C=O) groups is 1. The molecule has 3 heterocycles. The van der Waals surface area contributed by atoms with Crippen LogP contribution in [0.15, 0.2) is 70.7 Å². The Morgan fingerprint density at radius 1 is 1.04 bits per heavy atom. The highest BCUT2D eigenvalue weighted by atomic mass is 32.2. The molecule has 0 saturated carbocycles. The number of nitrogens with zero attached hydrogens (tertiary/aromatic N) is 3. The van der Waals surface area contributed by atoms with Gasteiger partial charge in [0.05, 0.1) is 21.5 Å². The second-order valence-electron chi connectivity index (χ2n) is 6.02. The Labute approximate surface area is 158 Å². The maximum absolute atomic E-state index is 12.3. The maximum Gasteiger partial charge on any atom is 0.286 e. The molecule has 0 fully saturated rings. The number of benzene rings is 2. The Hall–Kier alpha value is -3.45. The first-order valence-corrected chi connectivity index (χ1v) is 9.15. The van der Waals surface area contributed by atoms with Gasteiger partial charge >= 0.3 is 0 Å². The van der Waals surface area contributed by atoms with Gasteiger partial charge < -0.3 is 10.3 Å². The van der Waals surface area contributed by atoms with Crippen molar-refractivity contribution in [2.24, 2.45) is 4.99 Å². The van der Waals surface area contributed by atoms with Gasteiger partial charge in [0.1, 0.15) is 0 Å². The molecule has 5 rings (SSSR count). The van der Waals surface area contributed by atoms with Crippen LogP contribution in [0.3, 0.4) is 0 Å². The summed E-state index contributed by atoms with van der Waals surface area (Å²) in [7, 11) is 0. The predicted octanol–water partition coefficient (Wildman–Crippen LogP) is 4.19. The van der Waals surface area contributed by atoms with Crippen LogP contribution >= 0.6 is 11.8 Å². The summed E-state index contributed by atoms with van der Waals surface area (Å²) in [5.41, 5.74) is 3.64. The first-order valence-electron chi connectivity index (χ1n) is 8.34. The molecule has 2 aromatic heterocycles. The largest absolute Gasteiger partial charge is 0.324 e.